The fraction of sp³-hybridized carbons (Fsp3) is 0.438. The van der Waals surface area contributed by atoms with Gasteiger partial charge in [0, 0.05) is 37.2 Å². The van der Waals surface area contributed by atoms with Crippen molar-refractivity contribution in [2.45, 2.75) is 25.0 Å². The van der Waals surface area contributed by atoms with Gasteiger partial charge in [-0.15, -0.1) is 0 Å². The average Bonchev–Trinajstić information content (AvgIpc) is 3.25. The lowest BCUT2D eigenvalue weighted by Crippen LogP contribution is -2.36. The molecule has 0 unspecified atom stereocenters. The van der Waals surface area contributed by atoms with E-state index in [1.54, 1.807) is 7.05 Å². The van der Waals surface area contributed by atoms with Gasteiger partial charge in [-0.05, 0) is 18.6 Å². The number of halogens is 1. The lowest BCUT2D eigenvalue weighted by molar-refractivity contribution is 0.0550. The number of hydrogen-bond donors (Lipinski definition) is 2. The summed E-state index contributed by atoms with van der Waals surface area (Å²) in [6.07, 6.45) is 2.07. The molecule has 2 aromatic rings. The monoisotopic (exact) mass is 334 g/mol. The molecule has 0 radical (unpaired) electrons. The molecular weight excluding hydrogens is 315 g/mol. The van der Waals surface area contributed by atoms with E-state index in [4.69, 9.17) is 9.84 Å². The Bertz CT molecular complexity index is 707. The Kier molecular flexibility index (Phi) is 4.86. The molecule has 1 aliphatic heterocycles. The second-order valence-electron chi connectivity index (χ2n) is 5.83. The number of benzene rings is 1. The Balaban J connectivity index is 1.69. The van der Waals surface area contributed by atoms with Crippen LogP contribution in [0.25, 0.3) is 0 Å². The average molecular weight is 334 g/mol. The summed E-state index contributed by atoms with van der Waals surface area (Å²) in [7, 11) is 1.65. The number of nitrogens with zero attached hydrogens (tertiary/aromatic N) is 3. The largest absolute Gasteiger partial charge is 0.392 e. The molecule has 1 aliphatic rings. The SMILES string of the molecule is CN(C[C@H]1OCC[C@H]1c1ncn[nH]1)C(=O)c1ccc(CO)c(F)c1. The predicted molar refractivity (Wildman–Crippen MR) is 82.8 cm³/mol. The summed E-state index contributed by atoms with van der Waals surface area (Å²) in [6.45, 7) is 0.566. The summed E-state index contributed by atoms with van der Waals surface area (Å²) in [4.78, 5) is 18.2. The highest BCUT2D eigenvalue weighted by molar-refractivity contribution is 5.94. The predicted octanol–water partition coefficient (Wildman–Crippen LogP) is 1.08. The first-order valence-electron chi connectivity index (χ1n) is 7.71. The number of carbonyl (C=O) groups excluding carboxylic acids is 1. The van der Waals surface area contributed by atoms with Crippen molar-refractivity contribution >= 4 is 5.91 Å². The van der Waals surface area contributed by atoms with Gasteiger partial charge in [0.15, 0.2) is 0 Å². The topological polar surface area (TPSA) is 91.3 Å². The molecule has 128 valence electrons. The van der Waals surface area contributed by atoms with Crippen LogP contribution in [-0.2, 0) is 11.3 Å². The fourth-order valence-corrected chi connectivity index (χ4v) is 2.92. The maximum atomic E-state index is 13.8. The zero-order valence-corrected chi connectivity index (χ0v) is 13.3. The summed E-state index contributed by atoms with van der Waals surface area (Å²) < 4.78 is 19.5. The number of aliphatic hydroxyl groups excluding tert-OH is 1. The van der Waals surface area contributed by atoms with Crippen LogP contribution in [0.3, 0.4) is 0 Å². The van der Waals surface area contributed by atoms with E-state index >= 15 is 0 Å². The van der Waals surface area contributed by atoms with Crippen LogP contribution in [0.15, 0.2) is 24.5 Å². The van der Waals surface area contributed by atoms with Crippen molar-refractivity contribution in [2.75, 3.05) is 20.2 Å². The highest BCUT2D eigenvalue weighted by Gasteiger charge is 2.33. The van der Waals surface area contributed by atoms with Gasteiger partial charge in [-0.25, -0.2) is 9.37 Å². The molecule has 1 fully saturated rings. The number of aromatic amines is 1. The smallest absolute Gasteiger partial charge is 0.253 e. The molecule has 1 saturated heterocycles. The minimum absolute atomic E-state index is 0.0521. The van der Waals surface area contributed by atoms with Crippen molar-refractivity contribution in [3.05, 3.63) is 47.3 Å². The van der Waals surface area contributed by atoms with Crippen molar-refractivity contribution in [1.29, 1.82) is 0 Å². The molecule has 1 amide bonds. The minimum Gasteiger partial charge on any atom is -0.392 e. The molecule has 0 saturated carbocycles. The molecule has 8 heteroatoms. The number of likely N-dealkylation sites (N-methyl/N-ethyl adjacent to an activating group) is 1. The van der Waals surface area contributed by atoms with Gasteiger partial charge in [0.25, 0.3) is 5.91 Å². The maximum Gasteiger partial charge on any atom is 0.253 e. The van der Waals surface area contributed by atoms with Gasteiger partial charge in [-0.3, -0.25) is 9.89 Å². The van der Waals surface area contributed by atoms with Gasteiger partial charge in [0.1, 0.15) is 18.0 Å². The van der Waals surface area contributed by atoms with E-state index in [9.17, 15) is 9.18 Å². The molecule has 0 aliphatic carbocycles. The summed E-state index contributed by atoms with van der Waals surface area (Å²) in [6, 6.07) is 4.07. The van der Waals surface area contributed by atoms with E-state index in [0.29, 0.717) is 13.2 Å². The Morgan fingerprint density at radius 3 is 3.04 bits per heavy atom. The first kappa shape index (κ1) is 16.5. The van der Waals surface area contributed by atoms with Crippen LogP contribution >= 0.6 is 0 Å². The Morgan fingerprint density at radius 2 is 2.38 bits per heavy atom. The number of ether oxygens (including phenoxy) is 1. The van der Waals surface area contributed by atoms with Gasteiger partial charge in [0.05, 0.1) is 12.7 Å². The number of amides is 1. The van der Waals surface area contributed by atoms with Gasteiger partial charge in [-0.1, -0.05) is 6.07 Å². The summed E-state index contributed by atoms with van der Waals surface area (Å²) in [5, 5.41) is 15.7. The lowest BCUT2D eigenvalue weighted by Gasteiger charge is -2.24. The van der Waals surface area contributed by atoms with Crippen LogP contribution in [0.2, 0.25) is 0 Å². The first-order valence-corrected chi connectivity index (χ1v) is 7.71. The molecule has 0 spiro atoms. The summed E-state index contributed by atoms with van der Waals surface area (Å²) in [5.74, 6) is -0.0912. The van der Waals surface area contributed by atoms with E-state index in [2.05, 4.69) is 15.2 Å². The second-order valence-corrected chi connectivity index (χ2v) is 5.83. The Morgan fingerprint density at radius 1 is 1.54 bits per heavy atom. The zero-order chi connectivity index (χ0) is 17.1. The number of carbonyl (C=O) groups is 1. The molecule has 2 N–H and O–H groups in total. The molecule has 1 aromatic carbocycles. The molecule has 1 aromatic heterocycles. The number of H-pyrrole nitrogens is 1. The molecule has 7 nitrogen and oxygen atoms in total. The van der Waals surface area contributed by atoms with Crippen LogP contribution in [0.5, 0.6) is 0 Å². The number of hydrogen-bond acceptors (Lipinski definition) is 5. The van der Waals surface area contributed by atoms with Gasteiger partial charge in [-0.2, -0.15) is 5.10 Å². The molecule has 0 bridgehead atoms. The highest BCUT2D eigenvalue weighted by atomic mass is 19.1. The lowest BCUT2D eigenvalue weighted by atomic mass is 10.00. The normalized spacial score (nSPS) is 20.3. The summed E-state index contributed by atoms with van der Waals surface area (Å²) in [5.41, 5.74) is 0.403. The zero-order valence-electron chi connectivity index (χ0n) is 13.3. The van der Waals surface area contributed by atoms with Crippen molar-refractivity contribution in [3.8, 4) is 0 Å². The van der Waals surface area contributed by atoms with Crippen LogP contribution in [0.4, 0.5) is 4.39 Å². The molecule has 3 rings (SSSR count). The highest BCUT2D eigenvalue weighted by Crippen LogP contribution is 2.29. The van der Waals surface area contributed by atoms with Crippen molar-refractivity contribution < 1.29 is 19.0 Å². The number of aliphatic hydroxyl groups is 1. The van der Waals surface area contributed by atoms with E-state index in [1.165, 1.54) is 23.4 Å². The molecule has 2 atom stereocenters. The molecular formula is C16H19FN4O3. The van der Waals surface area contributed by atoms with E-state index < -0.39 is 12.4 Å². The number of rotatable bonds is 5. The van der Waals surface area contributed by atoms with Crippen LogP contribution < -0.4 is 0 Å². The molecule has 2 heterocycles. The Hall–Kier alpha value is -2.32. The van der Waals surface area contributed by atoms with Gasteiger partial charge < -0.3 is 14.7 Å². The second kappa shape index (κ2) is 7.06. The standard InChI is InChI=1S/C16H19FN4O3/c1-21(16(23)10-2-3-11(8-22)13(17)6-10)7-14-12(4-5-24-14)15-18-9-19-20-15/h2-3,6,9,12,14,22H,4-5,7-8H2,1H3,(H,18,19,20)/t12-,14-/m1/s1. The number of nitrogens with one attached hydrogen (secondary N) is 1. The van der Waals surface area contributed by atoms with E-state index in [1.807, 2.05) is 0 Å². The molecule has 24 heavy (non-hydrogen) atoms. The fourth-order valence-electron chi connectivity index (χ4n) is 2.92. The van der Waals surface area contributed by atoms with Crippen molar-refractivity contribution in [2.24, 2.45) is 0 Å². The van der Waals surface area contributed by atoms with Gasteiger partial charge >= 0.3 is 0 Å². The van der Waals surface area contributed by atoms with Crippen molar-refractivity contribution in [1.82, 2.24) is 20.1 Å². The van der Waals surface area contributed by atoms with Crippen LogP contribution in [0, 0.1) is 5.82 Å². The van der Waals surface area contributed by atoms with Crippen LogP contribution in [0.1, 0.15) is 34.1 Å². The van der Waals surface area contributed by atoms with E-state index in [-0.39, 0.29) is 29.1 Å². The third-order valence-corrected chi connectivity index (χ3v) is 4.27. The van der Waals surface area contributed by atoms with Gasteiger partial charge in [0.2, 0.25) is 0 Å². The van der Waals surface area contributed by atoms with Crippen molar-refractivity contribution in [3.63, 3.8) is 0 Å². The third kappa shape index (κ3) is 3.29. The van der Waals surface area contributed by atoms with E-state index in [0.717, 1.165) is 18.3 Å². The quantitative estimate of drug-likeness (QED) is 0.854. The number of aromatic nitrogens is 3. The Labute approximate surface area is 138 Å². The minimum atomic E-state index is -0.589. The maximum absolute atomic E-state index is 13.8. The summed E-state index contributed by atoms with van der Waals surface area (Å²) >= 11 is 0. The first-order chi connectivity index (χ1) is 11.6. The third-order valence-electron chi connectivity index (χ3n) is 4.27. The van der Waals surface area contributed by atoms with Crippen LogP contribution in [-0.4, -0.2) is 57.4 Å².